The summed E-state index contributed by atoms with van der Waals surface area (Å²) in [4.78, 5) is 12.6. The third-order valence-electron chi connectivity index (χ3n) is 4.48. The van der Waals surface area contributed by atoms with Gasteiger partial charge in [0.2, 0.25) is 0 Å². The van der Waals surface area contributed by atoms with Gasteiger partial charge in [0.1, 0.15) is 5.75 Å². The van der Waals surface area contributed by atoms with Crippen LogP contribution >= 0.6 is 11.6 Å². The molecule has 1 saturated heterocycles. The number of carbonyl (C=O) groups is 1. The number of ether oxygens (including phenoxy) is 1. The zero-order valence-electron chi connectivity index (χ0n) is 14.3. The standard InChI is InChI=1S/C19H22ClN3O2/c1-12(15-5-3-4-6-17(15)20)23-19(24)13-7-8-16(18(9-13)25-2)14-10-21-22-11-14/h3-9,12,14,21-22H,10-11H2,1-2H3,(H,23,24)/t12-/m0/s1. The molecule has 1 atom stereocenters. The maximum absolute atomic E-state index is 12.6. The van der Waals surface area contributed by atoms with Gasteiger partial charge >= 0.3 is 0 Å². The third-order valence-corrected chi connectivity index (χ3v) is 4.82. The lowest BCUT2D eigenvalue weighted by Crippen LogP contribution is -2.27. The van der Waals surface area contributed by atoms with Crippen molar-refractivity contribution in [2.75, 3.05) is 20.2 Å². The van der Waals surface area contributed by atoms with E-state index in [4.69, 9.17) is 16.3 Å². The number of halogens is 1. The fourth-order valence-corrected chi connectivity index (χ4v) is 3.36. The van der Waals surface area contributed by atoms with Crippen LogP contribution in [0.2, 0.25) is 5.02 Å². The molecule has 1 aliphatic heterocycles. The molecule has 0 aromatic heterocycles. The first-order chi connectivity index (χ1) is 12.1. The van der Waals surface area contributed by atoms with Crippen LogP contribution in [0.4, 0.5) is 0 Å². The maximum atomic E-state index is 12.6. The van der Waals surface area contributed by atoms with Gasteiger partial charge in [0.05, 0.1) is 13.2 Å². The molecule has 1 aliphatic rings. The van der Waals surface area contributed by atoms with Gasteiger partial charge in [-0.15, -0.1) is 0 Å². The summed E-state index contributed by atoms with van der Waals surface area (Å²) < 4.78 is 5.50. The topological polar surface area (TPSA) is 62.4 Å². The van der Waals surface area contributed by atoms with E-state index in [0.717, 1.165) is 30.0 Å². The molecule has 0 unspecified atom stereocenters. The first-order valence-corrected chi connectivity index (χ1v) is 8.67. The SMILES string of the molecule is COc1cc(C(=O)N[C@@H](C)c2ccccc2Cl)ccc1C1CNNC1. The largest absolute Gasteiger partial charge is 0.496 e. The Balaban J connectivity index is 1.77. The molecule has 0 spiro atoms. The lowest BCUT2D eigenvalue weighted by atomic mass is 9.97. The summed E-state index contributed by atoms with van der Waals surface area (Å²) in [6.07, 6.45) is 0. The maximum Gasteiger partial charge on any atom is 0.251 e. The first kappa shape index (κ1) is 17.7. The van der Waals surface area contributed by atoms with E-state index in [1.807, 2.05) is 43.3 Å². The van der Waals surface area contributed by atoms with E-state index >= 15 is 0 Å². The van der Waals surface area contributed by atoms with Crippen LogP contribution in [0.5, 0.6) is 5.75 Å². The van der Waals surface area contributed by atoms with E-state index in [1.54, 1.807) is 13.2 Å². The predicted octanol–water partition coefficient (Wildman–Crippen LogP) is 3.03. The minimum atomic E-state index is -0.185. The number of benzene rings is 2. The van der Waals surface area contributed by atoms with Gasteiger partial charge in [-0.05, 0) is 36.2 Å². The van der Waals surface area contributed by atoms with Crippen molar-refractivity contribution in [3.63, 3.8) is 0 Å². The van der Waals surface area contributed by atoms with Crippen molar-refractivity contribution in [1.29, 1.82) is 0 Å². The molecule has 1 amide bonds. The number of methoxy groups -OCH3 is 1. The molecule has 3 N–H and O–H groups in total. The Morgan fingerprint density at radius 2 is 1.96 bits per heavy atom. The van der Waals surface area contributed by atoms with Crippen molar-refractivity contribution < 1.29 is 9.53 Å². The van der Waals surface area contributed by atoms with E-state index in [1.165, 1.54) is 0 Å². The van der Waals surface area contributed by atoms with E-state index in [2.05, 4.69) is 16.2 Å². The zero-order valence-corrected chi connectivity index (χ0v) is 15.1. The molecule has 0 radical (unpaired) electrons. The minimum absolute atomic E-state index is 0.153. The highest BCUT2D eigenvalue weighted by Gasteiger charge is 2.22. The first-order valence-electron chi connectivity index (χ1n) is 8.29. The van der Waals surface area contributed by atoms with Gasteiger partial charge in [-0.25, -0.2) is 0 Å². The van der Waals surface area contributed by atoms with Gasteiger partial charge < -0.3 is 10.1 Å². The van der Waals surface area contributed by atoms with Gasteiger partial charge in [0.15, 0.2) is 0 Å². The molecule has 6 heteroatoms. The Hall–Kier alpha value is -2.08. The monoisotopic (exact) mass is 359 g/mol. The summed E-state index contributed by atoms with van der Waals surface area (Å²) in [5.41, 5.74) is 8.78. The highest BCUT2D eigenvalue weighted by molar-refractivity contribution is 6.31. The molecule has 1 heterocycles. The number of amides is 1. The van der Waals surface area contributed by atoms with Gasteiger partial charge in [0.25, 0.3) is 5.91 Å². The quantitative estimate of drug-likeness (QED) is 0.768. The molecule has 1 fully saturated rings. The predicted molar refractivity (Wildman–Crippen MR) is 99.1 cm³/mol. The Bertz CT molecular complexity index is 760. The lowest BCUT2D eigenvalue weighted by Gasteiger charge is -2.17. The lowest BCUT2D eigenvalue weighted by molar-refractivity contribution is 0.0939. The van der Waals surface area contributed by atoms with Gasteiger partial charge in [-0.2, -0.15) is 0 Å². The highest BCUT2D eigenvalue weighted by atomic mass is 35.5. The van der Waals surface area contributed by atoms with Crippen molar-refractivity contribution in [3.8, 4) is 5.75 Å². The van der Waals surface area contributed by atoms with Crippen molar-refractivity contribution in [3.05, 3.63) is 64.2 Å². The summed E-state index contributed by atoms with van der Waals surface area (Å²) in [7, 11) is 1.63. The van der Waals surface area contributed by atoms with E-state index in [-0.39, 0.29) is 11.9 Å². The van der Waals surface area contributed by atoms with E-state index in [0.29, 0.717) is 16.5 Å². The van der Waals surface area contributed by atoms with Crippen LogP contribution in [-0.4, -0.2) is 26.1 Å². The number of rotatable bonds is 5. The van der Waals surface area contributed by atoms with Crippen molar-refractivity contribution in [2.24, 2.45) is 0 Å². The van der Waals surface area contributed by atoms with Crippen molar-refractivity contribution >= 4 is 17.5 Å². The van der Waals surface area contributed by atoms with E-state index in [9.17, 15) is 4.79 Å². The van der Waals surface area contributed by atoms with Crippen LogP contribution in [0.3, 0.4) is 0 Å². The average molecular weight is 360 g/mol. The van der Waals surface area contributed by atoms with E-state index < -0.39 is 0 Å². The van der Waals surface area contributed by atoms with Crippen LogP contribution in [0.1, 0.15) is 40.4 Å². The fraction of sp³-hybridized carbons (Fsp3) is 0.316. The van der Waals surface area contributed by atoms with Crippen LogP contribution in [0.25, 0.3) is 0 Å². The second-order valence-corrected chi connectivity index (χ2v) is 6.54. The average Bonchev–Trinajstić information content (AvgIpc) is 3.15. The molecular formula is C19H22ClN3O2. The van der Waals surface area contributed by atoms with Crippen molar-refractivity contribution in [2.45, 2.75) is 18.9 Å². The Morgan fingerprint density at radius 3 is 2.64 bits per heavy atom. The summed E-state index contributed by atoms with van der Waals surface area (Å²) in [6.45, 7) is 3.59. The van der Waals surface area contributed by atoms with Crippen LogP contribution in [0, 0.1) is 0 Å². The molecule has 0 aliphatic carbocycles. The third kappa shape index (κ3) is 3.95. The second-order valence-electron chi connectivity index (χ2n) is 6.13. The normalized spacial score (nSPS) is 15.8. The molecule has 0 bridgehead atoms. The Morgan fingerprint density at radius 1 is 1.24 bits per heavy atom. The van der Waals surface area contributed by atoms with Crippen molar-refractivity contribution in [1.82, 2.24) is 16.2 Å². The van der Waals surface area contributed by atoms with Crippen LogP contribution in [0.15, 0.2) is 42.5 Å². The number of hydrogen-bond donors (Lipinski definition) is 3. The molecule has 2 aromatic carbocycles. The number of carbonyl (C=O) groups excluding carboxylic acids is 1. The van der Waals surface area contributed by atoms with Gasteiger partial charge in [-0.1, -0.05) is 35.9 Å². The number of hydrogen-bond acceptors (Lipinski definition) is 4. The van der Waals surface area contributed by atoms with Crippen LogP contribution < -0.4 is 20.9 Å². The summed E-state index contributed by atoms with van der Waals surface area (Å²) in [5.74, 6) is 0.905. The molecule has 25 heavy (non-hydrogen) atoms. The second kappa shape index (κ2) is 7.87. The fourth-order valence-electron chi connectivity index (χ4n) is 3.06. The Kier molecular flexibility index (Phi) is 5.58. The molecule has 3 rings (SSSR count). The Labute approximate surface area is 152 Å². The number of nitrogens with one attached hydrogen (secondary N) is 3. The summed E-state index contributed by atoms with van der Waals surface area (Å²) in [5, 5.41) is 3.63. The summed E-state index contributed by atoms with van der Waals surface area (Å²) in [6, 6.07) is 12.9. The smallest absolute Gasteiger partial charge is 0.251 e. The molecule has 132 valence electrons. The molecule has 0 saturated carbocycles. The zero-order chi connectivity index (χ0) is 17.8. The van der Waals surface area contributed by atoms with Gasteiger partial charge in [-0.3, -0.25) is 15.6 Å². The van der Waals surface area contributed by atoms with Crippen LogP contribution in [-0.2, 0) is 0 Å². The van der Waals surface area contributed by atoms with Gasteiger partial charge in [0, 0.05) is 29.6 Å². The molecular weight excluding hydrogens is 338 g/mol. The molecule has 5 nitrogen and oxygen atoms in total. The molecule has 2 aromatic rings. The number of hydrazine groups is 1. The summed E-state index contributed by atoms with van der Waals surface area (Å²) >= 11 is 6.21. The highest BCUT2D eigenvalue weighted by Crippen LogP contribution is 2.29. The minimum Gasteiger partial charge on any atom is -0.496 e.